The number of nitrogens with zero attached hydrogens (tertiary/aromatic N) is 3. The molecule has 1 aliphatic carbocycles. The third-order valence-electron chi connectivity index (χ3n) is 4.91. The highest BCUT2D eigenvalue weighted by Gasteiger charge is 2.35. The van der Waals surface area contributed by atoms with E-state index in [-0.39, 0.29) is 5.56 Å². The summed E-state index contributed by atoms with van der Waals surface area (Å²) in [5.41, 5.74) is 7.68. The summed E-state index contributed by atoms with van der Waals surface area (Å²) in [7, 11) is 0. The van der Waals surface area contributed by atoms with E-state index in [4.69, 9.17) is 5.73 Å². The van der Waals surface area contributed by atoms with Gasteiger partial charge in [0.2, 0.25) is 0 Å². The molecule has 7 heteroatoms. The topological polar surface area (TPSA) is 76.4 Å². The first-order chi connectivity index (χ1) is 12.3. The number of hydrogen-bond acceptors (Lipinski definition) is 4. The summed E-state index contributed by atoms with van der Waals surface area (Å²) in [4.78, 5) is 8.73. The van der Waals surface area contributed by atoms with Crippen molar-refractivity contribution in [2.45, 2.75) is 38.2 Å². The number of nitrogens with two attached hydrogens (primary N) is 1. The number of imidazole rings is 1. The molecule has 3 N–H and O–H groups in total. The maximum absolute atomic E-state index is 13.2. The zero-order chi connectivity index (χ0) is 18.6. The van der Waals surface area contributed by atoms with Crippen molar-refractivity contribution < 1.29 is 13.9 Å². The minimum absolute atomic E-state index is 0.154. The molecular formula is C19H19F2N4O. The van der Waals surface area contributed by atoms with Crippen LogP contribution in [0.4, 0.5) is 14.6 Å². The van der Waals surface area contributed by atoms with Crippen LogP contribution in [-0.4, -0.2) is 25.9 Å². The molecule has 1 aliphatic rings. The van der Waals surface area contributed by atoms with Crippen molar-refractivity contribution in [2.24, 2.45) is 0 Å². The van der Waals surface area contributed by atoms with Gasteiger partial charge in [0.05, 0.1) is 17.6 Å². The average Bonchev–Trinajstić information content (AvgIpc) is 3.35. The van der Waals surface area contributed by atoms with Gasteiger partial charge >= 0.3 is 0 Å². The lowest BCUT2D eigenvalue weighted by Crippen LogP contribution is -2.30. The Labute approximate surface area is 149 Å². The molecule has 2 atom stereocenters. The van der Waals surface area contributed by atoms with Crippen molar-refractivity contribution in [2.75, 3.05) is 5.73 Å². The fourth-order valence-electron chi connectivity index (χ4n) is 3.06. The Morgan fingerprint density at radius 3 is 2.77 bits per heavy atom. The molecule has 2 aromatic heterocycles. The molecule has 4 rings (SSSR count). The molecule has 2 heterocycles. The number of benzene rings is 1. The third-order valence-corrected chi connectivity index (χ3v) is 4.91. The van der Waals surface area contributed by atoms with E-state index in [0.717, 1.165) is 30.3 Å². The summed E-state index contributed by atoms with van der Waals surface area (Å²) in [5.74, 6) is 0.631. The number of halogens is 2. The SMILES string of the molecule is Cc1ccc(C(C)(O)C(F)F)cc1-c1cnc2c(N)nc(C3[CH]C3)cn12. The van der Waals surface area contributed by atoms with Crippen molar-refractivity contribution >= 4 is 11.5 Å². The number of aliphatic hydroxyl groups is 1. The number of nitrogen functional groups attached to an aromatic ring is 1. The van der Waals surface area contributed by atoms with Crippen LogP contribution in [0.1, 0.15) is 36.1 Å². The largest absolute Gasteiger partial charge is 0.381 e. The Hall–Kier alpha value is -2.54. The number of fused-ring (bicyclic) bond motifs is 1. The van der Waals surface area contributed by atoms with Crippen LogP contribution in [0.15, 0.2) is 30.6 Å². The standard InChI is InChI=1S/C19H19F2N4O/c1-10-3-6-12(19(2,26)18(20)21)7-13(10)15-8-23-17-16(22)24-14(9-25(15)17)11-4-5-11/h3-4,6-9,11,18,26H,5H2,1-2H3,(H2,22,24). The second-order valence-electron chi connectivity index (χ2n) is 6.94. The van der Waals surface area contributed by atoms with Gasteiger partial charge in [-0.3, -0.25) is 4.40 Å². The first-order valence-corrected chi connectivity index (χ1v) is 8.38. The van der Waals surface area contributed by atoms with Gasteiger partial charge < -0.3 is 10.8 Å². The van der Waals surface area contributed by atoms with Crippen LogP contribution in [-0.2, 0) is 5.60 Å². The molecule has 1 fully saturated rings. The van der Waals surface area contributed by atoms with Crippen LogP contribution in [0.2, 0.25) is 0 Å². The molecule has 5 nitrogen and oxygen atoms in total. The molecule has 0 aliphatic heterocycles. The Morgan fingerprint density at radius 2 is 2.12 bits per heavy atom. The van der Waals surface area contributed by atoms with Gasteiger partial charge in [0, 0.05) is 17.7 Å². The van der Waals surface area contributed by atoms with Gasteiger partial charge in [0.1, 0.15) is 5.60 Å². The molecule has 1 saturated carbocycles. The van der Waals surface area contributed by atoms with Crippen LogP contribution >= 0.6 is 0 Å². The molecule has 0 spiro atoms. The fourth-order valence-corrected chi connectivity index (χ4v) is 3.06. The fraction of sp³-hybridized carbons (Fsp3) is 0.316. The second-order valence-corrected chi connectivity index (χ2v) is 6.94. The summed E-state index contributed by atoms with van der Waals surface area (Å²) in [6.45, 7) is 3.00. The first kappa shape index (κ1) is 16.9. The van der Waals surface area contributed by atoms with Crippen LogP contribution < -0.4 is 5.73 Å². The minimum Gasteiger partial charge on any atom is -0.381 e. The number of hydrogen-bond donors (Lipinski definition) is 2. The maximum Gasteiger partial charge on any atom is 0.270 e. The number of aromatic nitrogens is 3. The molecule has 26 heavy (non-hydrogen) atoms. The Balaban J connectivity index is 1.90. The van der Waals surface area contributed by atoms with Gasteiger partial charge in [-0.2, -0.15) is 0 Å². The van der Waals surface area contributed by atoms with Gasteiger partial charge in [-0.05, 0) is 43.9 Å². The van der Waals surface area contributed by atoms with E-state index in [2.05, 4.69) is 16.4 Å². The molecule has 1 radical (unpaired) electrons. The summed E-state index contributed by atoms with van der Waals surface area (Å²) in [6.07, 6.45) is 3.75. The molecule has 135 valence electrons. The lowest BCUT2D eigenvalue weighted by Gasteiger charge is -2.23. The molecule has 0 amide bonds. The highest BCUT2D eigenvalue weighted by atomic mass is 19.3. The number of alkyl halides is 2. The van der Waals surface area contributed by atoms with E-state index in [1.54, 1.807) is 18.3 Å². The van der Waals surface area contributed by atoms with Crippen LogP contribution in [0.25, 0.3) is 16.9 Å². The quantitative estimate of drug-likeness (QED) is 0.750. The zero-order valence-electron chi connectivity index (χ0n) is 14.4. The van der Waals surface area contributed by atoms with Crippen molar-refractivity contribution in [1.29, 1.82) is 0 Å². The Bertz CT molecular complexity index is 993. The molecule has 2 unspecified atom stereocenters. The smallest absolute Gasteiger partial charge is 0.270 e. The van der Waals surface area contributed by atoms with Crippen LogP contribution in [0.3, 0.4) is 0 Å². The summed E-state index contributed by atoms with van der Waals surface area (Å²) >= 11 is 0. The minimum atomic E-state index is -2.89. The van der Waals surface area contributed by atoms with Crippen molar-refractivity contribution in [3.63, 3.8) is 0 Å². The molecular weight excluding hydrogens is 338 g/mol. The lowest BCUT2D eigenvalue weighted by atomic mass is 9.92. The van der Waals surface area contributed by atoms with Gasteiger partial charge in [-0.1, -0.05) is 12.1 Å². The Kier molecular flexibility index (Phi) is 3.73. The number of anilines is 1. The summed E-state index contributed by atoms with van der Waals surface area (Å²) in [5, 5.41) is 10.2. The van der Waals surface area contributed by atoms with E-state index in [0.29, 0.717) is 22.9 Å². The predicted molar refractivity (Wildman–Crippen MR) is 94.8 cm³/mol. The van der Waals surface area contributed by atoms with Crippen molar-refractivity contribution in [3.8, 4) is 11.3 Å². The monoisotopic (exact) mass is 357 g/mol. The first-order valence-electron chi connectivity index (χ1n) is 8.38. The zero-order valence-corrected chi connectivity index (χ0v) is 14.4. The highest BCUT2D eigenvalue weighted by Crippen LogP contribution is 2.39. The van der Waals surface area contributed by atoms with E-state index < -0.39 is 12.0 Å². The molecule has 3 aromatic rings. The Morgan fingerprint density at radius 1 is 1.38 bits per heavy atom. The van der Waals surface area contributed by atoms with Crippen molar-refractivity contribution in [3.05, 3.63) is 53.8 Å². The lowest BCUT2D eigenvalue weighted by molar-refractivity contribution is -0.0883. The second kappa shape index (κ2) is 5.74. The van der Waals surface area contributed by atoms with Gasteiger partial charge in [0.15, 0.2) is 11.5 Å². The molecule has 1 aromatic carbocycles. The van der Waals surface area contributed by atoms with Crippen LogP contribution in [0.5, 0.6) is 0 Å². The van der Waals surface area contributed by atoms with Gasteiger partial charge in [0.25, 0.3) is 6.43 Å². The normalized spacial score (nSPS) is 17.0. The van der Waals surface area contributed by atoms with Crippen LogP contribution in [0, 0.1) is 13.3 Å². The molecule has 0 saturated heterocycles. The maximum atomic E-state index is 13.2. The van der Waals surface area contributed by atoms with E-state index in [9.17, 15) is 13.9 Å². The van der Waals surface area contributed by atoms with Crippen molar-refractivity contribution in [1.82, 2.24) is 14.4 Å². The summed E-state index contributed by atoms with van der Waals surface area (Å²) < 4.78 is 28.3. The predicted octanol–water partition coefficient (Wildman–Crippen LogP) is 3.45. The number of aryl methyl sites for hydroxylation is 1. The van der Waals surface area contributed by atoms with E-state index in [1.165, 1.54) is 6.07 Å². The third kappa shape index (κ3) is 2.63. The number of rotatable bonds is 4. The average molecular weight is 357 g/mol. The van der Waals surface area contributed by atoms with E-state index >= 15 is 0 Å². The summed E-state index contributed by atoms with van der Waals surface area (Å²) in [6, 6.07) is 4.83. The highest BCUT2D eigenvalue weighted by molar-refractivity contribution is 5.72. The van der Waals surface area contributed by atoms with Gasteiger partial charge in [-0.25, -0.2) is 18.7 Å². The van der Waals surface area contributed by atoms with E-state index in [1.807, 2.05) is 17.5 Å². The molecule has 0 bridgehead atoms. The van der Waals surface area contributed by atoms with Gasteiger partial charge in [-0.15, -0.1) is 0 Å².